The number of fused-ring (bicyclic) bond motifs is 2. The number of thiophene rings is 2. The molecular formula is C23H21N5OS3. The van der Waals surface area contributed by atoms with E-state index in [1.807, 2.05) is 23.7 Å². The van der Waals surface area contributed by atoms with Crippen LogP contribution in [-0.2, 0) is 24.7 Å². The molecule has 1 unspecified atom stereocenters. The molecule has 0 fully saturated rings. The third-order valence-corrected chi connectivity index (χ3v) is 8.92. The average molecular weight is 480 g/mol. The van der Waals surface area contributed by atoms with Crippen molar-refractivity contribution in [3.63, 3.8) is 0 Å². The molecule has 1 N–H and O–H groups in total. The summed E-state index contributed by atoms with van der Waals surface area (Å²) in [6, 6.07) is 10.5. The lowest BCUT2D eigenvalue weighted by molar-refractivity contribution is -0.113. The number of thioether (sulfide) groups is 1. The highest BCUT2D eigenvalue weighted by Crippen LogP contribution is 2.39. The van der Waals surface area contributed by atoms with Crippen LogP contribution in [0.1, 0.15) is 29.3 Å². The summed E-state index contributed by atoms with van der Waals surface area (Å²) in [4.78, 5) is 13.9. The van der Waals surface area contributed by atoms with Gasteiger partial charge in [0.2, 0.25) is 5.91 Å². The van der Waals surface area contributed by atoms with E-state index < -0.39 is 0 Å². The summed E-state index contributed by atoms with van der Waals surface area (Å²) in [6.07, 6.45) is 2.99. The number of hydrogen-bond donors (Lipinski definition) is 1. The maximum atomic E-state index is 12.7. The lowest BCUT2D eigenvalue weighted by Crippen LogP contribution is -2.14. The second-order valence-corrected chi connectivity index (χ2v) is 11.0. The quantitative estimate of drug-likeness (QED) is 0.383. The van der Waals surface area contributed by atoms with Crippen molar-refractivity contribution in [1.82, 2.24) is 14.8 Å². The molecule has 1 atom stereocenters. The highest BCUT2D eigenvalue weighted by atomic mass is 32.2. The molecule has 3 heterocycles. The van der Waals surface area contributed by atoms with Crippen LogP contribution < -0.4 is 5.32 Å². The van der Waals surface area contributed by atoms with Crippen LogP contribution in [0, 0.1) is 17.2 Å². The summed E-state index contributed by atoms with van der Waals surface area (Å²) in [7, 11) is 1.92. The normalized spacial score (nSPS) is 15.5. The van der Waals surface area contributed by atoms with E-state index in [1.165, 1.54) is 21.3 Å². The molecule has 3 aromatic heterocycles. The highest BCUT2D eigenvalue weighted by Gasteiger charge is 2.25. The lowest BCUT2D eigenvalue weighted by Gasteiger charge is -2.17. The van der Waals surface area contributed by atoms with Crippen molar-refractivity contribution in [2.75, 3.05) is 11.1 Å². The van der Waals surface area contributed by atoms with Crippen molar-refractivity contribution in [1.29, 1.82) is 5.26 Å². The molecule has 1 aliphatic carbocycles. The molecule has 162 valence electrons. The molecule has 0 radical (unpaired) electrons. The van der Waals surface area contributed by atoms with Crippen LogP contribution in [0.5, 0.6) is 0 Å². The minimum Gasteiger partial charge on any atom is -0.316 e. The Balaban J connectivity index is 1.29. The molecule has 0 spiro atoms. The van der Waals surface area contributed by atoms with Crippen LogP contribution in [0.25, 0.3) is 21.5 Å². The molecule has 1 aromatic carbocycles. The van der Waals surface area contributed by atoms with Gasteiger partial charge in [-0.15, -0.1) is 32.9 Å². The monoisotopic (exact) mass is 479 g/mol. The Kier molecular flexibility index (Phi) is 5.76. The molecule has 4 aromatic rings. The van der Waals surface area contributed by atoms with Crippen molar-refractivity contribution >= 4 is 55.4 Å². The van der Waals surface area contributed by atoms with E-state index in [0.717, 1.165) is 41.6 Å². The number of carbonyl (C=O) groups excluding carboxylic acids is 1. The smallest absolute Gasteiger partial charge is 0.235 e. The van der Waals surface area contributed by atoms with E-state index in [-0.39, 0.29) is 11.7 Å². The Morgan fingerprint density at radius 3 is 3.06 bits per heavy atom. The van der Waals surface area contributed by atoms with Gasteiger partial charge in [-0.2, -0.15) is 5.26 Å². The summed E-state index contributed by atoms with van der Waals surface area (Å²) < 4.78 is 3.14. The number of benzene rings is 1. The highest BCUT2D eigenvalue weighted by molar-refractivity contribution is 7.99. The van der Waals surface area contributed by atoms with E-state index in [4.69, 9.17) is 0 Å². The molecule has 0 bridgehead atoms. The predicted octanol–water partition coefficient (Wildman–Crippen LogP) is 5.49. The van der Waals surface area contributed by atoms with Gasteiger partial charge >= 0.3 is 0 Å². The number of amides is 1. The predicted molar refractivity (Wildman–Crippen MR) is 131 cm³/mol. The first-order valence-electron chi connectivity index (χ1n) is 10.4. The Labute approximate surface area is 198 Å². The number of rotatable bonds is 5. The van der Waals surface area contributed by atoms with E-state index in [2.05, 4.69) is 46.0 Å². The molecule has 0 saturated carbocycles. The van der Waals surface area contributed by atoms with Crippen LogP contribution in [0.3, 0.4) is 0 Å². The van der Waals surface area contributed by atoms with Crippen molar-refractivity contribution in [2.45, 2.75) is 31.3 Å². The number of nitrogens with zero attached hydrogens (tertiary/aromatic N) is 4. The molecular weight excluding hydrogens is 458 g/mol. The number of nitriles is 1. The standard InChI is InChI=1S/C23H21N5OS3/c1-13-7-8-15-16(10-24)22(32-19(15)9-13)25-20(29)12-31-23-27-26-21(28(23)2)17-11-30-18-6-4-3-5-14(17)18/h3-6,11,13H,7-9,12H2,1-2H3,(H,25,29). The Bertz CT molecular complexity index is 1360. The first-order chi connectivity index (χ1) is 15.5. The van der Waals surface area contributed by atoms with Gasteiger partial charge in [-0.3, -0.25) is 4.79 Å². The van der Waals surface area contributed by atoms with Gasteiger partial charge in [0.05, 0.1) is 11.3 Å². The minimum atomic E-state index is -0.135. The molecule has 0 aliphatic heterocycles. The maximum Gasteiger partial charge on any atom is 0.235 e. The minimum absolute atomic E-state index is 0.135. The SMILES string of the molecule is CC1CCc2c(sc(NC(=O)CSc3nnc(-c4csc5ccccc45)n3C)c2C#N)C1. The molecule has 6 nitrogen and oxygen atoms in total. The van der Waals surface area contributed by atoms with Gasteiger partial charge in [-0.05, 0) is 36.8 Å². The fraction of sp³-hybridized carbons (Fsp3) is 0.304. The zero-order valence-corrected chi connectivity index (χ0v) is 20.2. The van der Waals surface area contributed by atoms with Crippen LogP contribution in [0.2, 0.25) is 0 Å². The van der Waals surface area contributed by atoms with Gasteiger partial charge in [0.15, 0.2) is 11.0 Å². The summed E-state index contributed by atoms with van der Waals surface area (Å²) in [5.74, 6) is 1.48. The fourth-order valence-corrected chi connectivity index (χ4v) is 7.10. The van der Waals surface area contributed by atoms with Gasteiger partial charge in [0.25, 0.3) is 0 Å². The molecule has 0 saturated heterocycles. The van der Waals surface area contributed by atoms with Crippen molar-refractivity contribution in [3.8, 4) is 17.5 Å². The summed E-state index contributed by atoms with van der Waals surface area (Å²) in [6.45, 7) is 2.23. The number of aromatic nitrogens is 3. The Hall–Kier alpha value is -2.67. The van der Waals surface area contributed by atoms with Crippen LogP contribution in [0.15, 0.2) is 34.8 Å². The van der Waals surface area contributed by atoms with Crippen LogP contribution in [0.4, 0.5) is 5.00 Å². The Morgan fingerprint density at radius 2 is 2.22 bits per heavy atom. The summed E-state index contributed by atoms with van der Waals surface area (Å²) >= 11 is 4.58. The molecule has 9 heteroatoms. The third kappa shape index (κ3) is 3.83. The molecule has 1 aliphatic rings. The van der Waals surface area contributed by atoms with Crippen LogP contribution >= 0.6 is 34.4 Å². The van der Waals surface area contributed by atoms with Crippen LogP contribution in [-0.4, -0.2) is 26.4 Å². The summed E-state index contributed by atoms with van der Waals surface area (Å²) in [5.41, 5.74) is 2.81. The number of nitrogens with one attached hydrogen (secondary N) is 1. The van der Waals surface area contributed by atoms with Gasteiger partial charge in [-0.1, -0.05) is 36.9 Å². The molecule has 1 amide bonds. The lowest BCUT2D eigenvalue weighted by atomic mass is 9.89. The van der Waals surface area contributed by atoms with Gasteiger partial charge in [0, 0.05) is 33.0 Å². The van der Waals surface area contributed by atoms with E-state index in [1.54, 1.807) is 22.7 Å². The third-order valence-electron chi connectivity index (χ3n) is 5.77. The topological polar surface area (TPSA) is 83.6 Å². The first kappa shape index (κ1) is 21.2. The van der Waals surface area contributed by atoms with Crippen molar-refractivity contribution in [3.05, 3.63) is 45.6 Å². The van der Waals surface area contributed by atoms with Gasteiger partial charge in [-0.25, -0.2) is 0 Å². The second kappa shape index (κ2) is 8.70. The number of hydrogen-bond acceptors (Lipinski definition) is 7. The first-order valence-corrected chi connectivity index (χ1v) is 13.1. The second-order valence-electron chi connectivity index (χ2n) is 8.02. The van der Waals surface area contributed by atoms with Gasteiger partial charge < -0.3 is 9.88 Å². The molecule has 32 heavy (non-hydrogen) atoms. The zero-order valence-electron chi connectivity index (χ0n) is 17.7. The van der Waals surface area contributed by atoms with Crippen molar-refractivity contribution in [2.24, 2.45) is 13.0 Å². The fourth-order valence-electron chi connectivity index (χ4n) is 4.08. The Morgan fingerprint density at radius 1 is 1.38 bits per heavy atom. The number of carbonyl (C=O) groups is 1. The number of anilines is 1. The van der Waals surface area contributed by atoms with Gasteiger partial charge in [0.1, 0.15) is 11.1 Å². The largest absolute Gasteiger partial charge is 0.316 e. The molecule has 5 rings (SSSR count). The van der Waals surface area contributed by atoms with E-state index in [9.17, 15) is 10.1 Å². The van der Waals surface area contributed by atoms with E-state index >= 15 is 0 Å². The maximum absolute atomic E-state index is 12.7. The van der Waals surface area contributed by atoms with E-state index in [0.29, 0.717) is 21.6 Å². The average Bonchev–Trinajstić information content (AvgIpc) is 3.46. The van der Waals surface area contributed by atoms with Crippen molar-refractivity contribution < 1.29 is 4.79 Å². The zero-order chi connectivity index (χ0) is 22.2. The summed E-state index contributed by atoms with van der Waals surface area (Å²) in [5, 5.41) is 25.9.